The van der Waals surface area contributed by atoms with Crippen LogP contribution in [0.4, 0.5) is 4.48 Å². The van der Waals surface area contributed by atoms with Crippen molar-refractivity contribution < 1.29 is 14.4 Å². The topological polar surface area (TPSA) is 49.3 Å². The molecule has 0 aliphatic carbocycles. The van der Waals surface area contributed by atoms with Crippen molar-refractivity contribution >= 4 is 17.7 Å². The van der Waals surface area contributed by atoms with Crippen LogP contribution in [0, 0.1) is 0 Å². The van der Waals surface area contributed by atoms with Crippen LogP contribution in [0.3, 0.4) is 0 Å². The normalized spacial score (nSPS) is 13.0. The summed E-state index contributed by atoms with van der Waals surface area (Å²) in [5, 5.41) is 8.29. The van der Waals surface area contributed by atoms with E-state index in [1.165, 1.54) is 17.3 Å². The Labute approximate surface area is 62.9 Å². The smallest absolute Gasteiger partial charge is 0.323 e. The Bertz CT molecular complexity index is 112. The first-order chi connectivity index (χ1) is 4.72. The first kappa shape index (κ1) is 9.71. The van der Waals surface area contributed by atoms with Crippen LogP contribution in [0.5, 0.6) is 0 Å². The number of carboxylic acids is 1. The summed E-state index contributed by atoms with van der Waals surface area (Å²) in [6, 6.07) is -1.05. The highest BCUT2D eigenvalue weighted by Gasteiger charge is 2.15. The second-order valence-electron chi connectivity index (χ2n) is 1.78. The summed E-state index contributed by atoms with van der Waals surface area (Å²) in [5.74, 6) is -0.495. The predicted octanol–water partition coefficient (Wildman–Crippen LogP) is 0.667. The highest BCUT2D eigenvalue weighted by atomic mass is 32.2. The Hall–Kier alpha value is -0.290. The van der Waals surface area contributed by atoms with E-state index in [1.54, 1.807) is 0 Å². The van der Waals surface area contributed by atoms with E-state index in [4.69, 9.17) is 5.11 Å². The lowest BCUT2D eigenvalue weighted by molar-refractivity contribution is -0.140. The lowest BCUT2D eigenvalue weighted by atomic mass is 10.2. The van der Waals surface area contributed by atoms with Crippen LogP contribution in [-0.2, 0) is 4.79 Å². The summed E-state index contributed by atoms with van der Waals surface area (Å²) in [4.78, 5) is 10.1. The van der Waals surface area contributed by atoms with E-state index < -0.39 is 12.0 Å². The standard InChI is InChI=1S/C5H10FNO2S/c1-10-3-2-4(7-6)5(8)9/h4,7H,2-3H2,1H3,(H,8,9). The van der Waals surface area contributed by atoms with Gasteiger partial charge in [0.05, 0.1) is 0 Å². The van der Waals surface area contributed by atoms with E-state index in [0.717, 1.165) is 0 Å². The van der Waals surface area contributed by atoms with E-state index in [0.29, 0.717) is 12.2 Å². The second-order valence-corrected chi connectivity index (χ2v) is 2.77. The number of aliphatic carboxylic acids is 1. The molecule has 5 heteroatoms. The van der Waals surface area contributed by atoms with E-state index in [2.05, 4.69) is 0 Å². The average Bonchev–Trinajstić information content (AvgIpc) is 1.89. The highest BCUT2D eigenvalue weighted by Crippen LogP contribution is 2.00. The monoisotopic (exact) mass is 167 g/mol. The van der Waals surface area contributed by atoms with Crippen LogP contribution in [0.2, 0.25) is 0 Å². The second kappa shape index (κ2) is 5.49. The van der Waals surface area contributed by atoms with Gasteiger partial charge >= 0.3 is 5.97 Å². The van der Waals surface area contributed by atoms with Crippen LogP contribution in [0.15, 0.2) is 0 Å². The zero-order chi connectivity index (χ0) is 7.98. The third-order valence-electron chi connectivity index (χ3n) is 1.04. The number of thioether (sulfide) groups is 1. The zero-order valence-electron chi connectivity index (χ0n) is 5.63. The minimum Gasteiger partial charge on any atom is -0.480 e. The Kier molecular flexibility index (Phi) is 5.33. The van der Waals surface area contributed by atoms with E-state index in [1.807, 2.05) is 6.26 Å². The third-order valence-corrected chi connectivity index (χ3v) is 1.68. The minimum atomic E-state index is -1.14. The van der Waals surface area contributed by atoms with Crippen molar-refractivity contribution in [3.05, 3.63) is 0 Å². The number of rotatable bonds is 5. The van der Waals surface area contributed by atoms with Crippen LogP contribution in [-0.4, -0.2) is 29.1 Å². The summed E-state index contributed by atoms with van der Waals surface area (Å²) in [7, 11) is 0. The third kappa shape index (κ3) is 3.68. The number of carboxylic acid groups (broad SMARTS) is 1. The van der Waals surface area contributed by atoms with Gasteiger partial charge in [-0.15, -0.1) is 10.0 Å². The molecular formula is C5H10FNO2S. The summed E-state index contributed by atoms with van der Waals surface area (Å²) in [5.41, 5.74) is 1.22. The number of hydrogen-bond donors (Lipinski definition) is 2. The van der Waals surface area contributed by atoms with Gasteiger partial charge in [0.15, 0.2) is 0 Å². The lowest BCUT2D eigenvalue weighted by Crippen LogP contribution is -2.31. The van der Waals surface area contributed by atoms with Crippen LogP contribution >= 0.6 is 11.8 Å². The van der Waals surface area contributed by atoms with Gasteiger partial charge in [-0.2, -0.15) is 11.8 Å². The number of nitrogens with one attached hydrogen (secondary N) is 1. The fourth-order valence-corrected chi connectivity index (χ4v) is 0.932. The molecule has 0 saturated carbocycles. The van der Waals surface area contributed by atoms with Gasteiger partial charge in [-0.25, -0.2) is 0 Å². The molecule has 0 heterocycles. The number of carbonyl (C=O) groups is 1. The summed E-state index contributed by atoms with van der Waals surface area (Å²) < 4.78 is 11.6. The molecule has 0 bridgehead atoms. The molecule has 0 aliphatic rings. The molecule has 0 aromatic heterocycles. The maximum atomic E-state index is 11.6. The SMILES string of the molecule is CSCCC(NF)C(=O)O. The van der Waals surface area contributed by atoms with Crippen molar-refractivity contribution in [3.63, 3.8) is 0 Å². The lowest BCUT2D eigenvalue weighted by Gasteiger charge is -2.05. The summed E-state index contributed by atoms with van der Waals surface area (Å²) >= 11 is 1.49. The minimum absolute atomic E-state index is 0.312. The molecule has 0 rings (SSSR count). The van der Waals surface area contributed by atoms with Gasteiger partial charge in [0, 0.05) is 0 Å². The first-order valence-electron chi connectivity index (χ1n) is 2.80. The zero-order valence-corrected chi connectivity index (χ0v) is 6.45. The predicted molar refractivity (Wildman–Crippen MR) is 38.7 cm³/mol. The van der Waals surface area contributed by atoms with E-state index in [9.17, 15) is 9.28 Å². The quantitative estimate of drug-likeness (QED) is 0.591. The van der Waals surface area contributed by atoms with Crippen molar-refractivity contribution in [1.82, 2.24) is 5.54 Å². The molecule has 0 aliphatic heterocycles. The molecule has 0 radical (unpaired) electrons. The van der Waals surface area contributed by atoms with Crippen LogP contribution < -0.4 is 5.54 Å². The average molecular weight is 167 g/mol. The van der Waals surface area contributed by atoms with Gasteiger partial charge in [0.1, 0.15) is 6.04 Å². The molecule has 0 saturated heterocycles. The van der Waals surface area contributed by atoms with Gasteiger partial charge in [-0.05, 0) is 18.4 Å². The van der Waals surface area contributed by atoms with Gasteiger partial charge in [0.25, 0.3) is 0 Å². The molecule has 0 fully saturated rings. The van der Waals surface area contributed by atoms with Gasteiger partial charge in [-0.1, -0.05) is 0 Å². The fraction of sp³-hybridized carbons (Fsp3) is 0.800. The number of hydrogen-bond acceptors (Lipinski definition) is 3. The molecule has 60 valence electrons. The Morgan fingerprint density at radius 2 is 2.50 bits per heavy atom. The molecule has 1 atom stereocenters. The summed E-state index contributed by atoms with van der Waals surface area (Å²) in [6.07, 6.45) is 2.16. The molecule has 2 N–H and O–H groups in total. The molecule has 10 heavy (non-hydrogen) atoms. The van der Waals surface area contributed by atoms with Crippen LogP contribution in [0.1, 0.15) is 6.42 Å². The molecule has 0 spiro atoms. The molecule has 0 amide bonds. The largest absolute Gasteiger partial charge is 0.480 e. The Balaban J connectivity index is 3.50. The molecule has 3 nitrogen and oxygen atoms in total. The van der Waals surface area contributed by atoms with Gasteiger partial charge in [0.2, 0.25) is 0 Å². The Morgan fingerprint density at radius 3 is 2.80 bits per heavy atom. The molecule has 1 unspecified atom stereocenters. The first-order valence-corrected chi connectivity index (χ1v) is 4.19. The van der Waals surface area contributed by atoms with E-state index in [-0.39, 0.29) is 0 Å². The summed E-state index contributed by atoms with van der Waals surface area (Å²) in [6.45, 7) is 0. The van der Waals surface area contributed by atoms with Gasteiger partial charge in [-0.3, -0.25) is 4.79 Å². The van der Waals surface area contributed by atoms with Crippen molar-refractivity contribution in [3.8, 4) is 0 Å². The van der Waals surface area contributed by atoms with E-state index >= 15 is 0 Å². The maximum absolute atomic E-state index is 11.6. The van der Waals surface area contributed by atoms with Crippen molar-refractivity contribution in [2.75, 3.05) is 12.0 Å². The van der Waals surface area contributed by atoms with Crippen molar-refractivity contribution in [1.29, 1.82) is 0 Å². The van der Waals surface area contributed by atoms with Crippen molar-refractivity contribution in [2.24, 2.45) is 0 Å². The maximum Gasteiger partial charge on any atom is 0.323 e. The van der Waals surface area contributed by atoms with Crippen molar-refractivity contribution in [2.45, 2.75) is 12.5 Å². The highest BCUT2D eigenvalue weighted by molar-refractivity contribution is 7.98. The number of halogens is 1. The molecular weight excluding hydrogens is 157 g/mol. The van der Waals surface area contributed by atoms with Gasteiger partial charge < -0.3 is 5.11 Å². The molecule has 0 aromatic carbocycles. The van der Waals surface area contributed by atoms with Crippen LogP contribution in [0.25, 0.3) is 0 Å². The fourth-order valence-electron chi connectivity index (χ4n) is 0.460. The Morgan fingerprint density at radius 1 is 1.90 bits per heavy atom. The molecule has 0 aromatic rings.